The molecule has 1 aromatic carbocycles. The lowest BCUT2D eigenvalue weighted by Crippen LogP contribution is -2.24. The van der Waals surface area contributed by atoms with Crippen LogP contribution in [0, 0.1) is 18.8 Å². The van der Waals surface area contributed by atoms with Crippen molar-refractivity contribution < 1.29 is 4.42 Å². The molecule has 94 valence electrons. The number of hydrogen-bond acceptors (Lipinski definition) is 3. The monoisotopic (exact) mass is 242 g/mol. The van der Waals surface area contributed by atoms with Crippen LogP contribution in [-0.2, 0) is 0 Å². The molecule has 2 aromatic rings. The average Bonchev–Trinajstić information content (AvgIpc) is 3.23. The van der Waals surface area contributed by atoms with E-state index in [0.717, 1.165) is 22.9 Å². The number of nitrogens with zero attached hydrogens (tertiary/aromatic N) is 1. The highest BCUT2D eigenvalue weighted by atomic mass is 16.4. The van der Waals surface area contributed by atoms with Crippen LogP contribution in [-0.4, -0.2) is 11.0 Å². The Labute approximate surface area is 107 Å². The van der Waals surface area contributed by atoms with Gasteiger partial charge in [-0.3, -0.25) is 0 Å². The smallest absolute Gasteiger partial charge is 0.295 e. The van der Waals surface area contributed by atoms with Gasteiger partial charge in [-0.1, -0.05) is 6.07 Å². The fraction of sp³-hybridized carbons (Fsp3) is 0.533. The lowest BCUT2D eigenvalue weighted by molar-refractivity contribution is 0.528. The molecular weight excluding hydrogens is 224 g/mol. The van der Waals surface area contributed by atoms with Crippen molar-refractivity contribution in [3.05, 3.63) is 23.8 Å². The molecule has 2 aliphatic rings. The predicted molar refractivity (Wildman–Crippen MR) is 71.6 cm³/mol. The molecule has 2 saturated carbocycles. The largest absolute Gasteiger partial charge is 0.424 e. The van der Waals surface area contributed by atoms with Crippen molar-refractivity contribution >= 4 is 17.1 Å². The number of benzene rings is 1. The first kappa shape index (κ1) is 10.4. The van der Waals surface area contributed by atoms with Gasteiger partial charge in [-0.2, -0.15) is 4.98 Å². The molecule has 1 aromatic heterocycles. The Morgan fingerprint density at radius 2 is 1.94 bits per heavy atom. The van der Waals surface area contributed by atoms with Crippen LogP contribution in [0.3, 0.4) is 0 Å². The number of hydrogen-bond donors (Lipinski definition) is 1. The zero-order valence-electron chi connectivity index (χ0n) is 10.6. The van der Waals surface area contributed by atoms with Crippen molar-refractivity contribution in [1.82, 2.24) is 4.98 Å². The second-order valence-corrected chi connectivity index (χ2v) is 5.84. The van der Waals surface area contributed by atoms with Crippen LogP contribution in [0.4, 0.5) is 6.01 Å². The summed E-state index contributed by atoms with van der Waals surface area (Å²) in [7, 11) is 0. The van der Waals surface area contributed by atoms with Gasteiger partial charge in [0, 0.05) is 6.04 Å². The zero-order valence-corrected chi connectivity index (χ0v) is 10.6. The minimum absolute atomic E-state index is 0.596. The number of rotatable bonds is 4. The molecule has 0 aliphatic heterocycles. The third-order valence-corrected chi connectivity index (χ3v) is 4.09. The third kappa shape index (κ3) is 1.88. The van der Waals surface area contributed by atoms with Gasteiger partial charge in [0.15, 0.2) is 5.58 Å². The van der Waals surface area contributed by atoms with Gasteiger partial charge in [-0.15, -0.1) is 0 Å². The van der Waals surface area contributed by atoms with Crippen molar-refractivity contribution in [2.45, 2.75) is 38.6 Å². The topological polar surface area (TPSA) is 38.1 Å². The van der Waals surface area contributed by atoms with Crippen molar-refractivity contribution in [1.29, 1.82) is 0 Å². The van der Waals surface area contributed by atoms with Crippen molar-refractivity contribution in [2.24, 2.45) is 11.8 Å². The van der Waals surface area contributed by atoms with E-state index in [1.807, 2.05) is 6.07 Å². The molecule has 1 heterocycles. The highest BCUT2D eigenvalue weighted by Crippen LogP contribution is 2.45. The second kappa shape index (κ2) is 3.74. The number of fused-ring (bicyclic) bond motifs is 1. The van der Waals surface area contributed by atoms with Crippen molar-refractivity contribution in [3.8, 4) is 0 Å². The molecular formula is C15H18N2O. The summed E-state index contributed by atoms with van der Waals surface area (Å²) in [5, 5.41) is 3.53. The first-order valence-corrected chi connectivity index (χ1v) is 6.93. The maximum Gasteiger partial charge on any atom is 0.295 e. The van der Waals surface area contributed by atoms with Gasteiger partial charge in [-0.25, -0.2) is 0 Å². The summed E-state index contributed by atoms with van der Waals surface area (Å²) in [5.41, 5.74) is 3.07. The SMILES string of the molecule is Cc1ccc2oc(NC(C3CC3)C3CC3)nc2c1. The van der Waals surface area contributed by atoms with Gasteiger partial charge < -0.3 is 9.73 Å². The molecule has 0 atom stereocenters. The van der Waals surface area contributed by atoms with Crippen LogP contribution in [0.25, 0.3) is 11.1 Å². The average molecular weight is 242 g/mol. The van der Waals surface area contributed by atoms with E-state index in [1.54, 1.807) is 0 Å². The molecule has 3 nitrogen and oxygen atoms in total. The van der Waals surface area contributed by atoms with E-state index < -0.39 is 0 Å². The number of aryl methyl sites for hydroxylation is 1. The summed E-state index contributed by atoms with van der Waals surface area (Å²) in [6.45, 7) is 2.08. The zero-order chi connectivity index (χ0) is 12.1. The standard InChI is InChI=1S/C15H18N2O/c1-9-2-7-13-12(8-9)16-15(18-13)17-14(10-3-4-10)11-5-6-11/h2,7-8,10-11,14H,3-6H2,1H3,(H,16,17). The van der Waals surface area contributed by atoms with E-state index in [1.165, 1.54) is 31.2 Å². The minimum Gasteiger partial charge on any atom is -0.424 e. The van der Waals surface area contributed by atoms with Crippen molar-refractivity contribution in [2.75, 3.05) is 5.32 Å². The number of oxazole rings is 1. The van der Waals surface area contributed by atoms with Crippen LogP contribution in [0.15, 0.2) is 22.6 Å². The van der Waals surface area contributed by atoms with Gasteiger partial charge in [0.2, 0.25) is 0 Å². The molecule has 18 heavy (non-hydrogen) atoms. The maximum atomic E-state index is 5.79. The van der Waals surface area contributed by atoms with Gasteiger partial charge in [0.25, 0.3) is 6.01 Å². The Morgan fingerprint density at radius 3 is 2.61 bits per heavy atom. The second-order valence-electron chi connectivity index (χ2n) is 5.84. The number of anilines is 1. The van der Waals surface area contributed by atoms with Crippen LogP contribution in [0.5, 0.6) is 0 Å². The first-order valence-electron chi connectivity index (χ1n) is 6.93. The fourth-order valence-electron chi connectivity index (χ4n) is 2.77. The Hall–Kier alpha value is -1.51. The maximum absolute atomic E-state index is 5.79. The van der Waals surface area contributed by atoms with Crippen LogP contribution in [0.1, 0.15) is 31.2 Å². The summed E-state index contributed by atoms with van der Waals surface area (Å²) in [6, 6.07) is 7.45. The quantitative estimate of drug-likeness (QED) is 0.887. The van der Waals surface area contributed by atoms with E-state index in [2.05, 4.69) is 29.4 Å². The van der Waals surface area contributed by atoms with E-state index in [4.69, 9.17) is 4.42 Å². The van der Waals surface area contributed by atoms with Crippen molar-refractivity contribution in [3.63, 3.8) is 0 Å². The summed E-state index contributed by atoms with van der Waals surface area (Å²) in [5.74, 6) is 1.71. The Morgan fingerprint density at radius 1 is 1.22 bits per heavy atom. The third-order valence-electron chi connectivity index (χ3n) is 4.09. The van der Waals surface area contributed by atoms with E-state index in [-0.39, 0.29) is 0 Å². The molecule has 0 saturated heterocycles. The Kier molecular flexibility index (Phi) is 2.16. The summed E-state index contributed by atoms with van der Waals surface area (Å²) < 4.78 is 5.79. The van der Waals surface area contributed by atoms with Crippen LogP contribution in [0.2, 0.25) is 0 Å². The normalized spacial score (nSPS) is 19.7. The Balaban J connectivity index is 1.61. The van der Waals surface area contributed by atoms with Crippen LogP contribution >= 0.6 is 0 Å². The minimum atomic E-state index is 0.596. The molecule has 1 N–H and O–H groups in total. The van der Waals surface area contributed by atoms with Gasteiger partial charge in [0.1, 0.15) is 5.52 Å². The molecule has 3 heteroatoms. The molecule has 4 rings (SSSR count). The molecule has 0 unspecified atom stereocenters. The summed E-state index contributed by atoms with van der Waals surface area (Å²) in [4.78, 5) is 4.56. The number of aromatic nitrogens is 1. The van der Waals surface area contributed by atoms with E-state index >= 15 is 0 Å². The molecule has 0 spiro atoms. The first-order chi connectivity index (χ1) is 8.79. The summed E-state index contributed by atoms with van der Waals surface area (Å²) in [6.07, 6.45) is 5.47. The van der Waals surface area contributed by atoms with E-state index in [9.17, 15) is 0 Å². The molecule has 0 amide bonds. The highest BCUT2D eigenvalue weighted by Gasteiger charge is 2.42. The highest BCUT2D eigenvalue weighted by molar-refractivity contribution is 5.75. The fourth-order valence-corrected chi connectivity index (χ4v) is 2.77. The molecule has 2 fully saturated rings. The lowest BCUT2D eigenvalue weighted by atomic mass is 10.1. The number of nitrogens with one attached hydrogen (secondary N) is 1. The van der Waals surface area contributed by atoms with Gasteiger partial charge in [0.05, 0.1) is 0 Å². The summed E-state index contributed by atoms with van der Waals surface area (Å²) >= 11 is 0. The van der Waals surface area contributed by atoms with E-state index in [0.29, 0.717) is 12.1 Å². The van der Waals surface area contributed by atoms with Crippen LogP contribution < -0.4 is 5.32 Å². The van der Waals surface area contributed by atoms with Gasteiger partial charge in [-0.05, 0) is 62.1 Å². The Bertz CT molecular complexity index is 569. The van der Waals surface area contributed by atoms with Gasteiger partial charge >= 0.3 is 0 Å². The lowest BCUT2D eigenvalue weighted by Gasteiger charge is -2.15. The molecule has 0 radical (unpaired) electrons. The molecule has 0 bridgehead atoms. The molecule has 2 aliphatic carbocycles. The predicted octanol–water partition coefficient (Wildman–Crippen LogP) is 3.74.